The van der Waals surface area contributed by atoms with Crippen LogP contribution in [0.3, 0.4) is 0 Å². The van der Waals surface area contributed by atoms with Crippen molar-refractivity contribution in [2.75, 3.05) is 6.79 Å². The fourth-order valence-corrected chi connectivity index (χ4v) is 2.13. The van der Waals surface area contributed by atoms with E-state index < -0.39 is 0 Å². The molecule has 1 aliphatic heterocycles. The summed E-state index contributed by atoms with van der Waals surface area (Å²) in [6, 6.07) is 8.31. The molecule has 100 valence electrons. The van der Waals surface area contributed by atoms with Crippen LogP contribution in [0.15, 0.2) is 30.5 Å². The molecule has 0 amide bonds. The van der Waals surface area contributed by atoms with Crippen LogP contribution in [0.5, 0.6) is 11.5 Å². The van der Waals surface area contributed by atoms with Crippen molar-refractivity contribution in [3.8, 4) is 11.5 Å². The van der Waals surface area contributed by atoms with Crippen molar-refractivity contribution in [3.63, 3.8) is 0 Å². The molecular formula is C14H17N3O2. The van der Waals surface area contributed by atoms with Crippen LogP contribution in [0.2, 0.25) is 0 Å². The van der Waals surface area contributed by atoms with E-state index in [1.807, 2.05) is 36.1 Å². The van der Waals surface area contributed by atoms with Crippen molar-refractivity contribution in [2.45, 2.75) is 19.5 Å². The lowest BCUT2D eigenvalue weighted by Crippen LogP contribution is -2.19. The Morgan fingerprint density at radius 1 is 1.32 bits per heavy atom. The van der Waals surface area contributed by atoms with E-state index in [-0.39, 0.29) is 6.04 Å². The Hall–Kier alpha value is -2.01. The van der Waals surface area contributed by atoms with Crippen LogP contribution < -0.4 is 14.8 Å². The predicted octanol–water partition coefficient (Wildman–Crippen LogP) is 2.00. The quantitative estimate of drug-likeness (QED) is 0.912. The minimum absolute atomic E-state index is 0.240. The Bertz CT molecular complexity index is 580. The van der Waals surface area contributed by atoms with E-state index in [2.05, 4.69) is 23.4 Å². The van der Waals surface area contributed by atoms with Gasteiger partial charge in [-0.1, -0.05) is 6.07 Å². The van der Waals surface area contributed by atoms with E-state index in [4.69, 9.17) is 9.47 Å². The minimum atomic E-state index is 0.240. The highest BCUT2D eigenvalue weighted by molar-refractivity contribution is 5.45. The van der Waals surface area contributed by atoms with Gasteiger partial charge in [0.2, 0.25) is 6.79 Å². The standard InChI is InChI=1S/C14H17N3O2/c1-10(15-8-12-5-6-16-17(12)2)11-3-4-13-14(7-11)19-9-18-13/h3-7,10,15H,8-9H2,1-2H3. The number of aryl methyl sites for hydroxylation is 1. The first-order valence-corrected chi connectivity index (χ1v) is 6.34. The average Bonchev–Trinajstić information content (AvgIpc) is 3.03. The molecule has 1 aromatic heterocycles. The summed E-state index contributed by atoms with van der Waals surface area (Å²) < 4.78 is 12.6. The second-order valence-corrected chi connectivity index (χ2v) is 4.66. The first kappa shape index (κ1) is 12.0. The van der Waals surface area contributed by atoms with Gasteiger partial charge >= 0.3 is 0 Å². The van der Waals surface area contributed by atoms with E-state index in [1.54, 1.807) is 0 Å². The third kappa shape index (κ3) is 2.42. The molecular weight excluding hydrogens is 242 g/mol. The Labute approximate surface area is 112 Å². The second-order valence-electron chi connectivity index (χ2n) is 4.66. The van der Waals surface area contributed by atoms with Crippen molar-refractivity contribution in [1.82, 2.24) is 15.1 Å². The molecule has 2 aromatic rings. The van der Waals surface area contributed by atoms with Gasteiger partial charge in [-0.3, -0.25) is 4.68 Å². The maximum atomic E-state index is 5.39. The number of aromatic nitrogens is 2. The molecule has 1 atom stereocenters. The molecule has 0 spiro atoms. The van der Waals surface area contributed by atoms with Crippen LogP contribution in [0.25, 0.3) is 0 Å². The molecule has 0 saturated carbocycles. The molecule has 1 aromatic carbocycles. The molecule has 0 bridgehead atoms. The van der Waals surface area contributed by atoms with Crippen LogP contribution >= 0.6 is 0 Å². The summed E-state index contributed by atoms with van der Waals surface area (Å²) in [5.41, 5.74) is 2.35. The third-order valence-corrected chi connectivity index (χ3v) is 3.41. The Morgan fingerprint density at radius 3 is 2.95 bits per heavy atom. The minimum Gasteiger partial charge on any atom is -0.454 e. The summed E-state index contributed by atoms with van der Waals surface area (Å²) in [5.74, 6) is 1.65. The molecule has 19 heavy (non-hydrogen) atoms. The van der Waals surface area contributed by atoms with E-state index in [0.29, 0.717) is 6.79 Å². The lowest BCUT2D eigenvalue weighted by molar-refractivity contribution is 0.174. The van der Waals surface area contributed by atoms with Crippen LogP contribution in [-0.4, -0.2) is 16.6 Å². The third-order valence-electron chi connectivity index (χ3n) is 3.41. The molecule has 2 heterocycles. The summed E-state index contributed by atoms with van der Waals surface area (Å²) in [6.45, 7) is 3.23. The largest absolute Gasteiger partial charge is 0.454 e. The van der Waals surface area contributed by atoms with Crippen LogP contribution in [-0.2, 0) is 13.6 Å². The molecule has 0 saturated heterocycles. The number of nitrogens with one attached hydrogen (secondary N) is 1. The number of ether oxygens (including phenoxy) is 2. The predicted molar refractivity (Wildman–Crippen MR) is 71.0 cm³/mol. The number of nitrogens with zero attached hydrogens (tertiary/aromatic N) is 2. The van der Waals surface area contributed by atoms with Crippen LogP contribution in [0.4, 0.5) is 0 Å². The number of benzene rings is 1. The summed E-state index contributed by atoms with van der Waals surface area (Å²) >= 11 is 0. The molecule has 1 unspecified atom stereocenters. The fourth-order valence-electron chi connectivity index (χ4n) is 2.13. The van der Waals surface area contributed by atoms with Gasteiger partial charge < -0.3 is 14.8 Å². The van der Waals surface area contributed by atoms with Gasteiger partial charge in [0, 0.05) is 25.8 Å². The second kappa shape index (κ2) is 4.93. The molecule has 3 rings (SSSR count). The van der Waals surface area contributed by atoms with Gasteiger partial charge in [0.25, 0.3) is 0 Å². The summed E-state index contributed by atoms with van der Waals surface area (Å²) in [6.07, 6.45) is 1.81. The Kier molecular flexibility index (Phi) is 3.13. The lowest BCUT2D eigenvalue weighted by Gasteiger charge is -2.14. The zero-order valence-corrected chi connectivity index (χ0v) is 11.1. The Morgan fingerprint density at radius 2 is 2.16 bits per heavy atom. The average molecular weight is 259 g/mol. The summed E-state index contributed by atoms with van der Waals surface area (Å²) in [4.78, 5) is 0. The maximum Gasteiger partial charge on any atom is 0.231 e. The molecule has 1 aliphatic rings. The van der Waals surface area contributed by atoms with Crippen molar-refractivity contribution in [2.24, 2.45) is 7.05 Å². The van der Waals surface area contributed by atoms with Crippen molar-refractivity contribution in [3.05, 3.63) is 41.7 Å². The number of hydrogen-bond donors (Lipinski definition) is 1. The zero-order valence-electron chi connectivity index (χ0n) is 11.1. The van der Waals surface area contributed by atoms with Gasteiger partial charge in [-0.15, -0.1) is 0 Å². The highest BCUT2D eigenvalue weighted by atomic mass is 16.7. The molecule has 5 nitrogen and oxygen atoms in total. The van der Waals surface area contributed by atoms with Crippen LogP contribution in [0.1, 0.15) is 24.2 Å². The zero-order chi connectivity index (χ0) is 13.2. The van der Waals surface area contributed by atoms with Gasteiger partial charge in [-0.2, -0.15) is 5.10 Å². The van der Waals surface area contributed by atoms with E-state index in [1.165, 1.54) is 5.56 Å². The monoisotopic (exact) mass is 259 g/mol. The first-order chi connectivity index (χ1) is 9.24. The van der Waals surface area contributed by atoms with E-state index in [0.717, 1.165) is 23.7 Å². The SMILES string of the molecule is CC(NCc1ccnn1C)c1ccc2c(c1)OCO2. The lowest BCUT2D eigenvalue weighted by atomic mass is 10.1. The van der Waals surface area contributed by atoms with E-state index >= 15 is 0 Å². The first-order valence-electron chi connectivity index (χ1n) is 6.34. The molecule has 0 radical (unpaired) electrons. The highest BCUT2D eigenvalue weighted by Crippen LogP contribution is 2.34. The maximum absolute atomic E-state index is 5.39. The van der Waals surface area contributed by atoms with Gasteiger partial charge in [-0.25, -0.2) is 0 Å². The topological polar surface area (TPSA) is 48.3 Å². The van der Waals surface area contributed by atoms with Gasteiger partial charge in [-0.05, 0) is 30.7 Å². The number of fused-ring (bicyclic) bond motifs is 1. The molecule has 5 heteroatoms. The van der Waals surface area contributed by atoms with Gasteiger partial charge in [0.05, 0.1) is 5.69 Å². The Balaban J connectivity index is 1.67. The normalized spacial score (nSPS) is 14.6. The molecule has 0 fully saturated rings. The van der Waals surface area contributed by atoms with Crippen molar-refractivity contribution < 1.29 is 9.47 Å². The van der Waals surface area contributed by atoms with Crippen LogP contribution in [0, 0.1) is 0 Å². The summed E-state index contributed by atoms with van der Waals surface area (Å²) in [5, 5.41) is 7.63. The van der Waals surface area contributed by atoms with Gasteiger partial charge in [0.1, 0.15) is 0 Å². The smallest absolute Gasteiger partial charge is 0.231 e. The fraction of sp³-hybridized carbons (Fsp3) is 0.357. The van der Waals surface area contributed by atoms with E-state index in [9.17, 15) is 0 Å². The molecule has 1 N–H and O–H groups in total. The highest BCUT2D eigenvalue weighted by Gasteiger charge is 2.15. The summed E-state index contributed by atoms with van der Waals surface area (Å²) in [7, 11) is 1.95. The number of rotatable bonds is 4. The number of hydrogen-bond acceptors (Lipinski definition) is 4. The van der Waals surface area contributed by atoms with Gasteiger partial charge in [0.15, 0.2) is 11.5 Å². The van der Waals surface area contributed by atoms with Crippen molar-refractivity contribution >= 4 is 0 Å². The van der Waals surface area contributed by atoms with Crippen molar-refractivity contribution in [1.29, 1.82) is 0 Å². The molecule has 0 aliphatic carbocycles.